The number of halogens is 1. The molecule has 5 rings (SSSR count). The zero-order chi connectivity index (χ0) is 22.2. The van der Waals surface area contributed by atoms with Crippen LogP contribution in [0.5, 0.6) is 5.75 Å². The van der Waals surface area contributed by atoms with E-state index in [2.05, 4.69) is 16.5 Å². The van der Waals surface area contributed by atoms with Crippen LogP contribution in [-0.4, -0.2) is 42.2 Å². The normalized spacial score (nSPS) is 24.2. The third-order valence-corrected chi connectivity index (χ3v) is 7.96. The van der Waals surface area contributed by atoms with Crippen LogP contribution in [0.1, 0.15) is 53.6 Å². The first-order valence-electron chi connectivity index (χ1n) is 11.5. The molecule has 0 aromatic heterocycles. The molecule has 0 amide bonds. The highest BCUT2D eigenvalue weighted by Crippen LogP contribution is 2.55. The van der Waals surface area contributed by atoms with E-state index in [1.54, 1.807) is 12.1 Å². The molecule has 5 nitrogen and oxygen atoms in total. The lowest BCUT2D eigenvalue weighted by molar-refractivity contribution is 0.0692. The monoisotopic (exact) mass is 456 g/mol. The zero-order valence-corrected chi connectivity index (χ0v) is 19.1. The Labute approximate surface area is 192 Å². The minimum Gasteiger partial charge on any atom is -0.492 e. The molecule has 3 atom stereocenters. The highest BCUT2D eigenvalue weighted by molar-refractivity contribution is 8.00. The second-order valence-corrected chi connectivity index (χ2v) is 10.0. The van der Waals surface area contributed by atoms with E-state index >= 15 is 0 Å². The smallest absolute Gasteiger partial charge is 0.341 e. The van der Waals surface area contributed by atoms with Gasteiger partial charge in [0.15, 0.2) is 0 Å². The van der Waals surface area contributed by atoms with Gasteiger partial charge in [0.1, 0.15) is 17.1 Å². The molecule has 2 N–H and O–H groups in total. The van der Waals surface area contributed by atoms with Gasteiger partial charge in [0.05, 0.1) is 12.3 Å². The Morgan fingerprint density at radius 1 is 1.34 bits per heavy atom. The second kappa shape index (κ2) is 8.94. The summed E-state index contributed by atoms with van der Waals surface area (Å²) in [6, 6.07) is 8.70. The summed E-state index contributed by atoms with van der Waals surface area (Å²) in [4.78, 5) is 15.5. The van der Waals surface area contributed by atoms with Gasteiger partial charge < -0.3 is 19.5 Å². The third kappa shape index (κ3) is 4.33. The van der Waals surface area contributed by atoms with Crippen LogP contribution in [0.4, 0.5) is 10.1 Å². The molecule has 0 bridgehead atoms. The van der Waals surface area contributed by atoms with Gasteiger partial charge in [-0.1, -0.05) is 13.0 Å². The highest BCUT2D eigenvalue weighted by Gasteiger charge is 2.45. The van der Waals surface area contributed by atoms with Gasteiger partial charge in [-0.2, -0.15) is 0 Å². The average molecular weight is 457 g/mol. The molecule has 7 heteroatoms. The highest BCUT2D eigenvalue weighted by atomic mass is 32.2. The summed E-state index contributed by atoms with van der Waals surface area (Å²) < 4.78 is 23.1. The molecule has 2 aliphatic heterocycles. The number of carboxylic acid groups (broad SMARTS) is 1. The fourth-order valence-corrected chi connectivity index (χ4v) is 5.98. The van der Waals surface area contributed by atoms with E-state index in [0.717, 1.165) is 54.9 Å². The number of anilines is 1. The molecule has 2 aromatic rings. The molecule has 1 aliphatic carbocycles. The summed E-state index contributed by atoms with van der Waals surface area (Å²) in [5, 5.41) is 9.89. The van der Waals surface area contributed by atoms with Crippen LogP contribution in [0.15, 0.2) is 35.2 Å². The van der Waals surface area contributed by atoms with Gasteiger partial charge in [0.2, 0.25) is 0 Å². The Kier molecular flexibility index (Phi) is 6.03. The topological polar surface area (TPSA) is 61.8 Å². The number of fused-ring (bicyclic) bond motifs is 3. The van der Waals surface area contributed by atoms with E-state index < -0.39 is 5.97 Å². The van der Waals surface area contributed by atoms with Gasteiger partial charge in [-0.15, -0.1) is 0 Å². The molecule has 1 saturated carbocycles. The average Bonchev–Trinajstić information content (AvgIpc) is 3.58. The van der Waals surface area contributed by atoms with Crippen LogP contribution in [0.3, 0.4) is 0 Å². The Hall–Kier alpha value is -2.25. The molecule has 1 saturated heterocycles. The molecular weight excluding hydrogens is 427 g/mol. The number of nitrogens with one attached hydrogen (secondary N) is 1. The number of benzene rings is 2. The van der Waals surface area contributed by atoms with E-state index in [-0.39, 0.29) is 11.4 Å². The van der Waals surface area contributed by atoms with Crippen molar-refractivity contribution >= 4 is 23.6 Å². The molecular formula is C25H29FN2O3S. The fraction of sp³-hybridized carbons (Fsp3) is 0.480. The summed E-state index contributed by atoms with van der Waals surface area (Å²) in [6.45, 7) is 5.99. The molecule has 3 aliphatic rings. The number of nitrogens with zero attached hydrogens (tertiary/aromatic N) is 1. The maximum atomic E-state index is 14.1. The van der Waals surface area contributed by atoms with Crippen LogP contribution in [-0.2, 0) is 6.42 Å². The first-order chi connectivity index (χ1) is 15.5. The van der Waals surface area contributed by atoms with Crippen molar-refractivity contribution in [2.24, 2.45) is 11.8 Å². The van der Waals surface area contributed by atoms with Gasteiger partial charge in [-0.05, 0) is 97.9 Å². The van der Waals surface area contributed by atoms with Crippen LogP contribution in [0, 0.1) is 17.7 Å². The van der Waals surface area contributed by atoms with Gasteiger partial charge in [-0.25, -0.2) is 9.18 Å². The summed E-state index contributed by atoms with van der Waals surface area (Å²) in [5.41, 5.74) is 2.69. The Balaban J connectivity index is 1.36. The Morgan fingerprint density at radius 2 is 2.22 bits per heavy atom. The Morgan fingerprint density at radius 3 is 3.03 bits per heavy atom. The molecule has 2 heterocycles. The minimum atomic E-state index is -0.995. The number of hydrogen-bond acceptors (Lipinski definition) is 5. The summed E-state index contributed by atoms with van der Waals surface area (Å²) in [6.07, 6.45) is 4.22. The summed E-state index contributed by atoms with van der Waals surface area (Å²) in [5.74, 6) is 0.735. The standard InChI is InChI=1S/C25H29FN2O3S/c1-2-28-9-3-4-15(13-28)10-16-11-18(26)5-8-22(16)32-27-21-7-6-19-20-12-17(20)14-31-24(19)23(21)25(29)30/h5-8,11,15,17,20,27H,2-4,9-10,12-14H2,1H3,(H,29,30). The molecule has 2 fully saturated rings. The number of likely N-dealkylation sites (tertiary alicyclic amines) is 1. The van der Waals surface area contributed by atoms with E-state index in [1.807, 2.05) is 12.1 Å². The van der Waals surface area contributed by atoms with Crippen molar-refractivity contribution in [3.63, 3.8) is 0 Å². The van der Waals surface area contributed by atoms with Crippen LogP contribution in [0.25, 0.3) is 0 Å². The van der Waals surface area contributed by atoms with E-state index in [9.17, 15) is 14.3 Å². The number of carboxylic acids is 1. The molecule has 0 radical (unpaired) electrons. The molecule has 2 aromatic carbocycles. The molecule has 3 unspecified atom stereocenters. The van der Waals surface area contributed by atoms with Gasteiger partial charge in [0.25, 0.3) is 0 Å². The quantitative estimate of drug-likeness (QED) is 0.543. The molecule has 0 spiro atoms. The van der Waals surface area contributed by atoms with Crippen molar-refractivity contribution in [3.8, 4) is 5.75 Å². The van der Waals surface area contributed by atoms with Crippen molar-refractivity contribution in [2.45, 2.75) is 43.4 Å². The second-order valence-electron chi connectivity index (χ2n) is 9.19. The largest absolute Gasteiger partial charge is 0.492 e. The number of rotatable bonds is 7. The lowest BCUT2D eigenvalue weighted by Crippen LogP contribution is -2.36. The van der Waals surface area contributed by atoms with Crippen molar-refractivity contribution in [3.05, 3.63) is 52.8 Å². The van der Waals surface area contributed by atoms with E-state index in [4.69, 9.17) is 4.74 Å². The predicted octanol–water partition coefficient (Wildman–Crippen LogP) is 5.41. The van der Waals surface area contributed by atoms with Gasteiger partial charge >= 0.3 is 5.97 Å². The van der Waals surface area contributed by atoms with Crippen molar-refractivity contribution in [1.29, 1.82) is 0 Å². The van der Waals surface area contributed by atoms with Crippen LogP contribution >= 0.6 is 11.9 Å². The van der Waals surface area contributed by atoms with Crippen LogP contribution in [0.2, 0.25) is 0 Å². The number of carbonyl (C=O) groups is 1. The van der Waals surface area contributed by atoms with Gasteiger partial charge in [-0.3, -0.25) is 0 Å². The fourth-order valence-electron chi connectivity index (χ4n) is 5.18. The lowest BCUT2D eigenvalue weighted by Gasteiger charge is -2.32. The summed E-state index contributed by atoms with van der Waals surface area (Å²) >= 11 is 1.35. The van der Waals surface area contributed by atoms with Crippen molar-refractivity contribution < 1.29 is 19.0 Å². The number of ether oxygens (including phenoxy) is 1. The molecule has 32 heavy (non-hydrogen) atoms. The maximum Gasteiger partial charge on any atom is 0.341 e. The molecule has 170 valence electrons. The minimum absolute atomic E-state index is 0.190. The first-order valence-corrected chi connectivity index (χ1v) is 12.3. The van der Waals surface area contributed by atoms with E-state index in [1.165, 1.54) is 24.4 Å². The first kappa shape index (κ1) is 21.6. The van der Waals surface area contributed by atoms with Crippen molar-refractivity contribution in [2.75, 3.05) is 31.0 Å². The zero-order valence-electron chi connectivity index (χ0n) is 18.3. The van der Waals surface area contributed by atoms with Crippen LogP contribution < -0.4 is 9.46 Å². The van der Waals surface area contributed by atoms with Crippen molar-refractivity contribution in [1.82, 2.24) is 4.90 Å². The maximum absolute atomic E-state index is 14.1. The third-order valence-electron chi connectivity index (χ3n) is 7.02. The van der Waals surface area contributed by atoms with E-state index in [0.29, 0.717) is 35.8 Å². The lowest BCUT2D eigenvalue weighted by atomic mass is 9.91. The number of piperidine rings is 1. The van der Waals surface area contributed by atoms with Gasteiger partial charge in [0, 0.05) is 17.4 Å². The summed E-state index contributed by atoms with van der Waals surface area (Å²) in [7, 11) is 0. The SMILES string of the molecule is CCN1CCCC(Cc2cc(F)ccc2SNc2ccc3c(c2C(=O)O)OCC2CC32)C1. The Bertz CT molecular complexity index is 1030. The number of hydrogen-bond donors (Lipinski definition) is 2. The predicted molar refractivity (Wildman–Crippen MR) is 124 cm³/mol. The number of aromatic carboxylic acids is 1.